The first kappa shape index (κ1) is 21.5. The third kappa shape index (κ3) is 4.92. The van der Waals surface area contributed by atoms with Gasteiger partial charge in [-0.05, 0) is 42.8 Å². The van der Waals surface area contributed by atoms with Gasteiger partial charge in [0, 0.05) is 16.8 Å². The number of hydrogen-bond acceptors (Lipinski definition) is 6. The molecule has 0 radical (unpaired) electrons. The number of thioether (sulfide) groups is 1. The Kier molecular flexibility index (Phi) is 6.72. The van der Waals surface area contributed by atoms with Crippen LogP contribution in [0.25, 0.3) is 22.5 Å². The van der Waals surface area contributed by atoms with Crippen molar-refractivity contribution in [2.45, 2.75) is 12.1 Å². The molecule has 0 saturated heterocycles. The smallest absolute Gasteiger partial charge is 0.234 e. The van der Waals surface area contributed by atoms with Crippen molar-refractivity contribution in [3.8, 4) is 28.3 Å². The van der Waals surface area contributed by atoms with Gasteiger partial charge in [0.15, 0.2) is 5.82 Å². The zero-order valence-corrected chi connectivity index (χ0v) is 18.4. The van der Waals surface area contributed by atoms with Gasteiger partial charge in [0.05, 0.1) is 12.4 Å². The predicted molar refractivity (Wildman–Crippen MR) is 128 cm³/mol. The summed E-state index contributed by atoms with van der Waals surface area (Å²) in [4.78, 5) is 12.6. The van der Waals surface area contributed by atoms with Crippen LogP contribution in [0.1, 0.15) is 6.92 Å². The highest BCUT2D eigenvalue weighted by Gasteiger charge is 2.15. The van der Waals surface area contributed by atoms with Gasteiger partial charge in [0.25, 0.3) is 0 Å². The fraction of sp³-hybridized carbons (Fsp3) is 0.125. The zero-order valence-electron chi connectivity index (χ0n) is 17.6. The number of hydrogen-bond donors (Lipinski definition) is 2. The van der Waals surface area contributed by atoms with E-state index >= 15 is 0 Å². The van der Waals surface area contributed by atoms with Gasteiger partial charge in [0.2, 0.25) is 11.1 Å². The van der Waals surface area contributed by atoms with Crippen LogP contribution < -0.4 is 15.9 Å². The molecular weight excluding hydrogens is 422 g/mol. The third-order valence-corrected chi connectivity index (χ3v) is 5.65. The van der Waals surface area contributed by atoms with E-state index < -0.39 is 0 Å². The standard InChI is InChI=1S/C24H23N5O2S/c1-2-31-19-14-12-18(13-15-19)23-27-28-24(29(23)25)32-16-22(30)26-21-11-7-6-10-20(21)17-8-4-3-5-9-17/h3-15H,2,16,25H2,1H3,(H,26,30). The summed E-state index contributed by atoms with van der Waals surface area (Å²) >= 11 is 1.23. The summed E-state index contributed by atoms with van der Waals surface area (Å²) in [5.74, 6) is 7.48. The number of carbonyl (C=O) groups excluding carboxylic acids is 1. The molecule has 3 aromatic carbocycles. The summed E-state index contributed by atoms with van der Waals surface area (Å²) < 4.78 is 6.85. The fourth-order valence-corrected chi connectivity index (χ4v) is 3.87. The number of aromatic nitrogens is 3. The highest BCUT2D eigenvalue weighted by molar-refractivity contribution is 7.99. The van der Waals surface area contributed by atoms with Crippen molar-refractivity contribution in [3.05, 3.63) is 78.9 Å². The summed E-state index contributed by atoms with van der Waals surface area (Å²) in [7, 11) is 0. The first-order chi connectivity index (χ1) is 15.7. The molecule has 32 heavy (non-hydrogen) atoms. The molecule has 0 fully saturated rings. The van der Waals surface area contributed by atoms with Gasteiger partial charge < -0.3 is 15.9 Å². The summed E-state index contributed by atoms with van der Waals surface area (Å²) in [6, 6.07) is 25.1. The number of nitrogens with one attached hydrogen (secondary N) is 1. The van der Waals surface area contributed by atoms with Crippen LogP contribution in [0.4, 0.5) is 5.69 Å². The fourth-order valence-electron chi connectivity index (χ4n) is 3.22. The molecule has 0 spiro atoms. The van der Waals surface area contributed by atoms with E-state index in [0.717, 1.165) is 28.1 Å². The molecule has 4 rings (SSSR count). The number of carbonyl (C=O) groups is 1. The number of ether oxygens (including phenoxy) is 1. The molecule has 0 bridgehead atoms. The van der Waals surface area contributed by atoms with Crippen LogP contribution in [-0.2, 0) is 4.79 Å². The molecule has 0 atom stereocenters. The topological polar surface area (TPSA) is 95.1 Å². The van der Waals surface area contributed by atoms with Crippen molar-refractivity contribution >= 4 is 23.4 Å². The Balaban J connectivity index is 1.41. The van der Waals surface area contributed by atoms with E-state index in [9.17, 15) is 4.79 Å². The molecule has 3 N–H and O–H groups in total. The molecule has 0 aliphatic carbocycles. The van der Waals surface area contributed by atoms with Crippen molar-refractivity contribution in [1.82, 2.24) is 14.9 Å². The average molecular weight is 446 g/mol. The van der Waals surface area contributed by atoms with Gasteiger partial charge in [-0.3, -0.25) is 4.79 Å². The minimum Gasteiger partial charge on any atom is -0.494 e. The van der Waals surface area contributed by atoms with Crippen molar-refractivity contribution in [1.29, 1.82) is 0 Å². The Labute approximate surface area is 190 Å². The molecule has 0 aliphatic rings. The molecule has 1 amide bonds. The lowest BCUT2D eigenvalue weighted by molar-refractivity contribution is -0.113. The van der Waals surface area contributed by atoms with Crippen molar-refractivity contribution in [2.75, 3.05) is 23.5 Å². The SMILES string of the molecule is CCOc1ccc(-c2nnc(SCC(=O)Nc3ccccc3-c3ccccc3)n2N)cc1. The van der Waals surface area contributed by atoms with E-state index in [1.807, 2.05) is 85.8 Å². The van der Waals surface area contributed by atoms with Crippen molar-refractivity contribution in [3.63, 3.8) is 0 Å². The predicted octanol–water partition coefficient (Wildman–Crippen LogP) is 4.46. The first-order valence-electron chi connectivity index (χ1n) is 10.2. The largest absolute Gasteiger partial charge is 0.494 e. The molecular formula is C24H23N5O2S. The Morgan fingerprint density at radius 3 is 2.44 bits per heavy atom. The van der Waals surface area contributed by atoms with Gasteiger partial charge >= 0.3 is 0 Å². The van der Waals surface area contributed by atoms with Crippen LogP contribution in [0.3, 0.4) is 0 Å². The number of nitrogen functional groups attached to an aromatic ring is 1. The van der Waals surface area contributed by atoms with E-state index in [1.165, 1.54) is 16.4 Å². The van der Waals surface area contributed by atoms with Crippen molar-refractivity contribution in [2.24, 2.45) is 0 Å². The number of rotatable bonds is 8. The molecule has 1 aromatic heterocycles. The second-order valence-corrected chi connectivity index (χ2v) is 7.82. The molecule has 1 heterocycles. The minimum absolute atomic E-state index is 0.149. The molecule has 4 aromatic rings. The summed E-state index contributed by atoms with van der Waals surface area (Å²) in [5.41, 5.74) is 3.58. The Hall–Kier alpha value is -3.78. The Bertz CT molecular complexity index is 1190. The molecule has 0 saturated carbocycles. The molecule has 0 unspecified atom stereocenters. The summed E-state index contributed by atoms with van der Waals surface area (Å²) in [6.07, 6.45) is 0. The van der Waals surface area contributed by atoms with Crippen LogP contribution in [0, 0.1) is 0 Å². The van der Waals surface area contributed by atoms with E-state index in [-0.39, 0.29) is 11.7 Å². The van der Waals surface area contributed by atoms with Crippen LogP contribution in [0.15, 0.2) is 84.0 Å². The third-order valence-electron chi connectivity index (χ3n) is 4.71. The van der Waals surface area contributed by atoms with Gasteiger partial charge in [-0.1, -0.05) is 60.3 Å². The van der Waals surface area contributed by atoms with E-state index in [2.05, 4.69) is 15.5 Å². The average Bonchev–Trinajstić information content (AvgIpc) is 3.19. The zero-order chi connectivity index (χ0) is 22.3. The van der Waals surface area contributed by atoms with E-state index in [4.69, 9.17) is 10.6 Å². The van der Waals surface area contributed by atoms with Crippen LogP contribution in [0.2, 0.25) is 0 Å². The number of para-hydroxylation sites is 1. The van der Waals surface area contributed by atoms with Gasteiger partial charge in [-0.2, -0.15) is 0 Å². The molecule has 0 aliphatic heterocycles. The number of amides is 1. The summed E-state index contributed by atoms with van der Waals surface area (Å²) in [5, 5.41) is 11.7. The quantitative estimate of drug-likeness (QED) is 0.307. The van der Waals surface area contributed by atoms with E-state index in [0.29, 0.717) is 17.6 Å². The monoisotopic (exact) mass is 445 g/mol. The second kappa shape index (κ2) is 10.0. The van der Waals surface area contributed by atoms with Crippen LogP contribution in [-0.4, -0.2) is 33.1 Å². The van der Waals surface area contributed by atoms with Crippen LogP contribution in [0.5, 0.6) is 5.75 Å². The lowest BCUT2D eigenvalue weighted by Gasteiger charge is -2.11. The maximum Gasteiger partial charge on any atom is 0.234 e. The maximum absolute atomic E-state index is 12.6. The van der Waals surface area contributed by atoms with Crippen LogP contribution >= 0.6 is 11.8 Å². The first-order valence-corrected chi connectivity index (χ1v) is 11.1. The number of nitrogens with two attached hydrogens (primary N) is 1. The minimum atomic E-state index is -0.149. The number of anilines is 1. The maximum atomic E-state index is 12.6. The highest BCUT2D eigenvalue weighted by Crippen LogP contribution is 2.28. The lowest BCUT2D eigenvalue weighted by Crippen LogP contribution is -2.16. The second-order valence-electron chi connectivity index (χ2n) is 6.88. The highest BCUT2D eigenvalue weighted by atomic mass is 32.2. The lowest BCUT2D eigenvalue weighted by atomic mass is 10.0. The summed E-state index contributed by atoms with van der Waals surface area (Å²) in [6.45, 7) is 2.54. The Morgan fingerprint density at radius 2 is 1.69 bits per heavy atom. The Morgan fingerprint density at radius 1 is 0.969 bits per heavy atom. The van der Waals surface area contributed by atoms with Gasteiger partial charge in [-0.25, -0.2) is 4.68 Å². The van der Waals surface area contributed by atoms with Crippen molar-refractivity contribution < 1.29 is 9.53 Å². The van der Waals surface area contributed by atoms with E-state index in [1.54, 1.807) is 0 Å². The van der Waals surface area contributed by atoms with Gasteiger partial charge in [-0.15, -0.1) is 10.2 Å². The number of nitrogens with zero attached hydrogens (tertiary/aromatic N) is 3. The number of benzene rings is 3. The normalized spacial score (nSPS) is 10.7. The van der Waals surface area contributed by atoms with Gasteiger partial charge in [0.1, 0.15) is 5.75 Å². The molecule has 162 valence electrons. The molecule has 7 nitrogen and oxygen atoms in total. The molecule has 8 heteroatoms.